The molecule has 1 atom stereocenters. The van der Waals surface area contributed by atoms with Gasteiger partial charge in [-0.25, -0.2) is 0 Å². The zero-order chi connectivity index (χ0) is 6.48. The minimum Gasteiger partial charge on any atom is -0.391 e. The molecule has 3 aliphatic rings. The predicted octanol–water partition coefficient (Wildman–Crippen LogP) is 0.528. The molecule has 0 aromatic rings. The second-order valence-electron chi connectivity index (χ2n) is 3.59. The maximum atomic E-state index is 9.35. The van der Waals surface area contributed by atoms with Crippen molar-refractivity contribution in [3.8, 4) is 0 Å². The summed E-state index contributed by atoms with van der Waals surface area (Å²) in [6.07, 6.45) is 3.52. The van der Waals surface area contributed by atoms with E-state index in [1.807, 2.05) is 0 Å². The molecule has 10 heavy (non-hydrogen) atoms. The van der Waals surface area contributed by atoms with Crippen molar-refractivity contribution < 1.29 is 5.11 Å². The minimum atomic E-state index is -0.206. The first-order valence-corrected chi connectivity index (χ1v) is 3.65. The summed E-state index contributed by atoms with van der Waals surface area (Å²) >= 11 is 0. The van der Waals surface area contributed by atoms with Crippen LogP contribution in [0, 0.1) is 11.3 Å². The summed E-state index contributed by atoms with van der Waals surface area (Å²) in [4.78, 5) is 0. The Morgan fingerprint density at radius 2 is 2.00 bits per heavy atom. The summed E-state index contributed by atoms with van der Waals surface area (Å²) in [5, 5.41) is 9.35. The Hall–Kier alpha value is 0.210. The molecule has 3 fully saturated rings. The lowest BCUT2D eigenvalue weighted by molar-refractivity contribution is -0.179. The summed E-state index contributed by atoms with van der Waals surface area (Å²) in [7, 11) is 0. The molecule has 1 unspecified atom stereocenters. The number of halogens is 1. The molecule has 2 bridgehead atoms. The molecule has 0 aromatic heterocycles. The Labute approximate surface area is 67.2 Å². The maximum Gasteiger partial charge on any atom is 0.0718 e. The van der Waals surface area contributed by atoms with Gasteiger partial charge in [-0.15, -0.1) is 12.4 Å². The fourth-order valence-corrected chi connectivity index (χ4v) is 2.20. The summed E-state index contributed by atoms with van der Waals surface area (Å²) in [5.74, 6) is 0.950. The molecule has 3 N–H and O–H groups in total. The van der Waals surface area contributed by atoms with Crippen molar-refractivity contribution in [1.82, 2.24) is 0 Å². The molecule has 3 saturated carbocycles. The molecule has 0 spiro atoms. The largest absolute Gasteiger partial charge is 0.391 e. The lowest BCUT2D eigenvalue weighted by atomic mass is 9.42. The van der Waals surface area contributed by atoms with Crippen LogP contribution < -0.4 is 5.73 Å². The van der Waals surface area contributed by atoms with Crippen LogP contribution in [0.15, 0.2) is 0 Å². The van der Waals surface area contributed by atoms with E-state index in [9.17, 15) is 5.11 Å². The van der Waals surface area contributed by atoms with Gasteiger partial charge in [0.2, 0.25) is 0 Å². The molecule has 3 rings (SSSR count). The van der Waals surface area contributed by atoms with Crippen molar-refractivity contribution in [3.05, 3.63) is 0 Å². The molecule has 0 radical (unpaired) electrons. The van der Waals surface area contributed by atoms with Crippen LogP contribution >= 0.6 is 12.4 Å². The highest BCUT2D eigenvalue weighted by Gasteiger charge is 2.59. The van der Waals surface area contributed by atoms with Crippen LogP contribution in [0.2, 0.25) is 0 Å². The first-order chi connectivity index (χ1) is 4.27. The van der Waals surface area contributed by atoms with Crippen LogP contribution in [0.5, 0.6) is 0 Å². The lowest BCUT2D eigenvalue weighted by Crippen LogP contribution is -2.60. The normalized spacial score (nSPS) is 44.4. The van der Waals surface area contributed by atoms with Gasteiger partial charge >= 0.3 is 0 Å². The van der Waals surface area contributed by atoms with Crippen LogP contribution in [0.3, 0.4) is 0 Å². The zero-order valence-corrected chi connectivity index (χ0v) is 6.73. The van der Waals surface area contributed by atoms with Crippen LogP contribution in [-0.4, -0.2) is 17.8 Å². The molecule has 0 aliphatic heterocycles. The number of hydrogen-bond donors (Lipinski definition) is 2. The molecule has 2 nitrogen and oxygen atoms in total. The van der Waals surface area contributed by atoms with Gasteiger partial charge in [0.1, 0.15) is 0 Å². The topological polar surface area (TPSA) is 46.2 Å². The third-order valence-corrected chi connectivity index (χ3v) is 3.02. The van der Waals surface area contributed by atoms with E-state index in [4.69, 9.17) is 5.73 Å². The first kappa shape index (κ1) is 8.31. The summed E-state index contributed by atoms with van der Waals surface area (Å²) < 4.78 is 0. The molecule has 3 heteroatoms. The molecule has 0 heterocycles. The Kier molecular flexibility index (Phi) is 1.96. The van der Waals surface area contributed by atoms with Gasteiger partial charge in [0, 0.05) is 6.54 Å². The van der Waals surface area contributed by atoms with Gasteiger partial charge < -0.3 is 10.8 Å². The van der Waals surface area contributed by atoms with Crippen molar-refractivity contribution in [3.63, 3.8) is 0 Å². The fraction of sp³-hybridized carbons (Fsp3) is 1.00. The van der Waals surface area contributed by atoms with Crippen LogP contribution in [-0.2, 0) is 0 Å². The quantitative estimate of drug-likeness (QED) is 0.624. The number of hydrogen-bond acceptors (Lipinski definition) is 2. The molecule has 0 aromatic carbocycles. The molecule has 0 saturated heterocycles. The van der Waals surface area contributed by atoms with Gasteiger partial charge in [-0.2, -0.15) is 0 Å². The molecule has 0 amide bonds. The van der Waals surface area contributed by atoms with Crippen molar-refractivity contribution >= 4 is 12.4 Å². The van der Waals surface area contributed by atoms with Gasteiger partial charge in [-0.1, -0.05) is 0 Å². The molecular formula is C7H14ClNO. The zero-order valence-electron chi connectivity index (χ0n) is 5.92. The van der Waals surface area contributed by atoms with E-state index in [0.717, 1.165) is 5.92 Å². The monoisotopic (exact) mass is 163 g/mol. The second kappa shape index (κ2) is 2.36. The standard InChI is InChI=1S/C7H13NO.ClH/c8-4-6(9)7-1-5(2-7)3-7;/h5-6,9H,1-4,8H2;1H. The first-order valence-electron chi connectivity index (χ1n) is 3.65. The van der Waals surface area contributed by atoms with Crippen molar-refractivity contribution in [2.45, 2.75) is 25.4 Å². The van der Waals surface area contributed by atoms with Gasteiger partial charge in [0.05, 0.1) is 6.10 Å². The van der Waals surface area contributed by atoms with Crippen molar-refractivity contribution in [1.29, 1.82) is 0 Å². The van der Waals surface area contributed by atoms with Crippen molar-refractivity contribution in [2.75, 3.05) is 6.54 Å². The number of aliphatic hydroxyl groups is 1. The van der Waals surface area contributed by atoms with Crippen LogP contribution in [0.4, 0.5) is 0 Å². The Bertz CT molecular complexity index is 123. The van der Waals surface area contributed by atoms with Crippen LogP contribution in [0.1, 0.15) is 19.3 Å². The van der Waals surface area contributed by atoms with E-state index < -0.39 is 0 Å². The SMILES string of the molecule is Cl.NCC(O)C12CC(C1)C2. The number of nitrogens with two attached hydrogens (primary N) is 1. The Morgan fingerprint density at radius 1 is 1.50 bits per heavy atom. The number of rotatable bonds is 2. The van der Waals surface area contributed by atoms with E-state index in [1.165, 1.54) is 19.3 Å². The van der Waals surface area contributed by atoms with E-state index in [1.54, 1.807) is 0 Å². The van der Waals surface area contributed by atoms with Crippen LogP contribution in [0.25, 0.3) is 0 Å². The highest BCUT2D eigenvalue weighted by Crippen LogP contribution is 2.65. The van der Waals surface area contributed by atoms with E-state index in [-0.39, 0.29) is 18.5 Å². The van der Waals surface area contributed by atoms with Gasteiger partial charge in [0.25, 0.3) is 0 Å². The predicted molar refractivity (Wildman–Crippen MR) is 42.1 cm³/mol. The van der Waals surface area contributed by atoms with E-state index in [2.05, 4.69) is 0 Å². The minimum absolute atomic E-state index is 0. The van der Waals surface area contributed by atoms with E-state index >= 15 is 0 Å². The molecule has 3 aliphatic carbocycles. The van der Waals surface area contributed by atoms with Crippen molar-refractivity contribution in [2.24, 2.45) is 17.1 Å². The maximum absolute atomic E-state index is 9.35. The Morgan fingerprint density at radius 3 is 2.10 bits per heavy atom. The average molecular weight is 164 g/mol. The highest BCUT2D eigenvalue weighted by molar-refractivity contribution is 5.85. The number of aliphatic hydroxyl groups excluding tert-OH is 1. The Balaban J connectivity index is 0.000000500. The smallest absolute Gasteiger partial charge is 0.0718 e. The summed E-state index contributed by atoms with van der Waals surface area (Å²) in [6.45, 7) is 0.451. The summed E-state index contributed by atoms with van der Waals surface area (Å²) in [6, 6.07) is 0. The summed E-state index contributed by atoms with van der Waals surface area (Å²) in [5.41, 5.74) is 5.65. The lowest BCUT2D eigenvalue weighted by Gasteiger charge is -2.64. The average Bonchev–Trinajstić information content (AvgIpc) is 1.57. The third-order valence-electron chi connectivity index (χ3n) is 3.02. The fourth-order valence-electron chi connectivity index (χ4n) is 2.20. The second-order valence-corrected chi connectivity index (χ2v) is 3.59. The van der Waals surface area contributed by atoms with Gasteiger partial charge in [-0.05, 0) is 30.6 Å². The van der Waals surface area contributed by atoms with Gasteiger partial charge in [-0.3, -0.25) is 0 Å². The highest BCUT2D eigenvalue weighted by atomic mass is 35.5. The molecule has 60 valence electrons. The van der Waals surface area contributed by atoms with E-state index in [0.29, 0.717) is 12.0 Å². The third kappa shape index (κ3) is 0.792. The molecular weight excluding hydrogens is 150 g/mol. The van der Waals surface area contributed by atoms with Gasteiger partial charge in [0.15, 0.2) is 0 Å².